The molecule has 0 radical (unpaired) electrons. The van der Waals surface area contributed by atoms with Crippen molar-refractivity contribution < 1.29 is 29.3 Å². The Kier molecular flexibility index (Phi) is 7.27. The Morgan fingerprint density at radius 1 is 0.941 bits per heavy atom. The lowest BCUT2D eigenvalue weighted by Gasteiger charge is -2.48. The molecule has 2 N–H and O–H groups in total. The Labute approximate surface area is 197 Å². The van der Waals surface area contributed by atoms with Crippen molar-refractivity contribution in [3.8, 4) is 22.8 Å². The van der Waals surface area contributed by atoms with Crippen molar-refractivity contribution in [3.05, 3.63) is 42.5 Å². The minimum Gasteiger partial charge on any atom is -0.486 e. The van der Waals surface area contributed by atoms with Crippen LogP contribution in [0, 0.1) is 0 Å². The zero-order valence-corrected chi connectivity index (χ0v) is 19.0. The number of piperazine rings is 1. The van der Waals surface area contributed by atoms with Crippen LogP contribution < -0.4 is 14.4 Å². The highest BCUT2D eigenvalue weighted by Gasteiger charge is 2.35. The molecule has 0 spiro atoms. The summed E-state index contributed by atoms with van der Waals surface area (Å²) >= 11 is 0. The Balaban J connectivity index is 0.000000297. The predicted molar refractivity (Wildman–Crippen MR) is 124 cm³/mol. The molecule has 0 aliphatic carbocycles. The van der Waals surface area contributed by atoms with Crippen LogP contribution in [0.4, 0.5) is 5.82 Å². The number of anilines is 1. The molecular formula is C24H28N4O6. The van der Waals surface area contributed by atoms with Gasteiger partial charge in [-0.25, -0.2) is 9.59 Å². The van der Waals surface area contributed by atoms with E-state index in [9.17, 15) is 9.59 Å². The lowest BCUT2D eigenvalue weighted by Crippen LogP contribution is -2.59. The third kappa shape index (κ3) is 5.63. The zero-order chi connectivity index (χ0) is 24.1. The van der Waals surface area contributed by atoms with E-state index in [1.807, 2.05) is 18.2 Å². The summed E-state index contributed by atoms with van der Waals surface area (Å²) in [6.45, 7) is 3.29. The van der Waals surface area contributed by atoms with E-state index in [4.69, 9.17) is 19.7 Å². The van der Waals surface area contributed by atoms with Crippen molar-refractivity contribution in [2.45, 2.75) is 31.3 Å². The molecule has 1 aromatic heterocycles. The van der Waals surface area contributed by atoms with Gasteiger partial charge in [-0.1, -0.05) is 6.42 Å². The first-order valence-corrected chi connectivity index (χ1v) is 11.3. The molecule has 2 bridgehead atoms. The van der Waals surface area contributed by atoms with Gasteiger partial charge in [0.2, 0.25) is 0 Å². The highest BCUT2D eigenvalue weighted by molar-refractivity contribution is 5.89. The molecule has 2 fully saturated rings. The standard InChI is InChI=1S/C20H24N4O2.C4H4O4/c1-23-15-3-2-4-16(23)13-24(12-15)20-8-6-17(21-22-20)14-5-7-18-19(11-14)26-10-9-25-18;5-3(6)1-2-4(7)8/h5-8,11,15-16H,2-4,9-10,12-13H2,1H3;1-2H,(H,5,6)(H,7,8)/b;2-1+. The molecule has 34 heavy (non-hydrogen) atoms. The van der Waals surface area contributed by atoms with Gasteiger partial charge in [0.15, 0.2) is 17.3 Å². The second-order valence-corrected chi connectivity index (χ2v) is 8.45. The number of carboxylic acids is 2. The number of hydrogen-bond donors (Lipinski definition) is 2. The SMILES string of the molecule is CN1C2CCCC1CN(c1ccc(-c3ccc4c(c3)OCCO4)nn1)C2.O=C(O)/C=C/C(=O)O. The number of carbonyl (C=O) groups is 2. The van der Waals surface area contributed by atoms with E-state index in [1.165, 1.54) is 19.3 Å². The first kappa shape index (κ1) is 23.5. The molecule has 5 rings (SSSR count). The van der Waals surface area contributed by atoms with E-state index in [2.05, 4.69) is 39.2 Å². The van der Waals surface area contributed by atoms with Gasteiger partial charge in [0.25, 0.3) is 0 Å². The number of piperidine rings is 1. The number of benzene rings is 1. The van der Waals surface area contributed by atoms with Gasteiger partial charge in [0, 0.05) is 42.9 Å². The van der Waals surface area contributed by atoms with Crippen molar-refractivity contribution in [2.24, 2.45) is 0 Å². The summed E-state index contributed by atoms with van der Waals surface area (Å²) in [7, 11) is 2.27. The average molecular weight is 469 g/mol. The van der Waals surface area contributed by atoms with Crippen LogP contribution >= 0.6 is 0 Å². The maximum atomic E-state index is 9.55. The van der Waals surface area contributed by atoms with Crippen molar-refractivity contribution in [2.75, 3.05) is 38.3 Å². The van der Waals surface area contributed by atoms with Gasteiger partial charge in [-0.3, -0.25) is 4.90 Å². The quantitative estimate of drug-likeness (QED) is 0.646. The van der Waals surface area contributed by atoms with Crippen molar-refractivity contribution in [1.29, 1.82) is 0 Å². The van der Waals surface area contributed by atoms with Gasteiger partial charge in [-0.2, -0.15) is 0 Å². The first-order chi connectivity index (χ1) is 16.4. The normalized spacial score (nSPS) is 21.5. The maximum absolute atomic E-state index is 9.55. The minimum atomic E-state index is -1.26. The van der Waals surface area contributed by atoms with Crippen LogP contribution in [0.1, 0.15) is 19.3 Å². The minimum absolute atomic E-state index is 0.558. The van der Waals surface area contributed by atoms with Gasteiger partial charge in [-0.15, -0.1) is 10.2 Å². The van der Waals surface area contributed by atoms with E-state index in [1.54, 1.807) is 0 Å². The van der Waals surface area contributed by atoms with E-state index in [0.29, 0.717) is 37.4 Å². The summed E-state index contributed by atoms with van der Waals surface area (Å²) in [6.07, 6.45) is 5.03. The summed E-state index contributed by atoms with van der Waals surface area (Å²) in [5, 5.41) is 24.6. The average Bonchev–Trinajstić information content (AvgIpc) is 2.83. The highest BCUT2D eigenvalue weighted by Crippen LogP contribution is 2.34. The Morgan fingerprint density at radius 3 is 2.18 bits per heavy atom. The number of likely N-dealkylation sites (N-methyl/N-ethyl adjacent to an activating group) is 1. The van der Waals surface area contributed by atoms with Gasteiger partial charge in [0.1, 0.15) is 13.2 Å². The molecule has 2 atom stereocenters. The molecule has 1 aromatic carbocycles. The Hall–Kier alpha value is -3.66. The largest absolute Gasteiger partial charge is 0.486 e. The third-order valence-electron chi connectivity index (χ3n) is 6.27. The fourth-order valence-corrected chi connectivity index (χ4v) is 4.50. The summed E-state index contributed by atoms with van der Waals surface area (Å²) in [6, 6.07) is 11.4. The number of rotatable bonds is 4. The number of carboxylic acid groups (broad SMARTS) is 2. The molecule has 3 aliphatic heterocycles. The van der Waals surface area contributed by atoms with Crippen molar-refractivity contribution in [3.63, 3.8) is 0 Å². The molecule has 0 saturated carbocycles. The van der Waals surface area contributed by atoms with Gasteiger partial charge >= 0.3 is 11.9 Å². The Bertz CT molecular complexity index is 1030. The summed E-state index contributed by atoms with van der Waals surface area (Å²) < 4.78 is 11.3. The van der Waals surface area contributed by atoms with Gasteiger partial charge < -0.3 is 24.6 Å². The molecule has 2 aromatic rings. The van der Waals surface area contributed by atoms with Crippen LogP contribution in [0.2, 0.25) is 0 Å². The van der Waals surface area contributed by atoms with E-state index < -0.39 is 11.9 Å². The van der Waals surface area contributed by atoms with Crippen LogP contribution in [0.3, 0.4) is 0 Å². The van der Waals surface area contributed by atoms with Crippen LogP contribution in [0.5, 0.6) is 11.5 Å². The van der Waals surface area contributed by atoms with Gasteiger partial charge in [-0.05, 0) is 50.2 Å². The van der Waals surface area contributed by atoms with Crippen LogP contribution in [0.15, 0.2) is 42.5 Å². The number of aromatic nitrogens is 2. The monoisotopic (exact) mass is 468 g/mol. The van der Waals surface area contributed by atoms with Crippen LogP contribution in [-0.4, -0.2) is 82.7 Å². The second kappa shape index (κ2) is 10.5. The van der Waals surface area contributed by atoms with Crippen molar-refractivity contribution >= 4 is 17.8 Å². The fraction of sp³-hybridized carbons (Fsp3) is 0.417. The molecular weight excluding hydrogens is 440 g/mol. The topological polar surface area (TPSA) is 125 Å². The molecule has 180 valence electrons. The zero-order valence-electron chi connectivity index (χ0n) is 19.0. The van der Waals surface area contributed by atoms with Crippen LogP contribution in [0.25, 0.3) is 11.3 Å². The molecule has 2 unspecified atom stereocenters. The summed E-state index contributed by atoms with van der Waals surface area (Å²) in [5.41, 5.74) is 1.86. The molecule has 0 amide bonds. The second-order valence-electron chi connectivity index (χ2n) is 8.45. The lowest BCUT2D eigenvalue weighted by molar-refractivity contribution is -0.134. The number of fused-ring (bicyclic) bond motifs is 3. The number of hydrogen-bond acceptors (Lipinski definition) is 8. The molecule has 2 saturated heterocycles. The lowest BCUT2D eigenvalue weighted by atomic mass is 9.92. The Morgan fingerprint density at radius 2 is 1.59 bits per heavy atom. The molecule has 4 heterocycles. The fourth-order valence-electron chi connectivity index (χ4n) is 4.50. The molecule has 3 aliphatic rings. The number of nitrogens with zero attached hydrogens (tertiary/aromatic N) is 4. The van der Waals surface area contributed by atoms with Crippen molar-refractivity contribution in [1.82, 2.24) is 15.1 Å². The van der Waals surface area contributed by atoms with Gasteiger partial charge in [0.05, 0.1) is 5.69 Å². The summed E-state index contributed by atoms with van der Waals surface area (Å²) in [4.78, 5) is 24.1. The number of ether oxygens (including phenoxy) is 2. The van der Waals surface area contributed by atoms with E-state index >= 15 is 0 Å². The predicted octanol–water partition coefficient (Wildman–Crippen LogP) is 2.30. The highest BCUT2D eigenvalue weighted by atomic mass is 16.6. The maximum Gasteiger partial charge on any atom is 0.328 e. The van der Waals surface area contributed by atoms with Crippen LogP contribution in [-0.2, 0) is 9.59 Å². The third-order valence-corrected chi connectivity index (χ3v) is 6.27. The summed E-state index contributed by atoms with van der Waals surface area (Å²) in [5.74, 6) is 0.0520. The van der Waals surface area contributed by atoms with E-state index in [0.717, 1.165) is 41.7 Å². The molecule has 10 nitrogen and oxygen atoms in total. The molecule has 10 heteroatoms. The first-order valence-electron chi connectivity index (χ1n) is 11.3. The smallest absolute Gasteiger partial charge is 0.328 e. The van der Waals surface area contributed by atoms with E-state index in [-0.39, 0.29) is 0 Å². The number of aliphatic carboxylic acids is 2.